The van der Waals surface area contributed by atoms with Crippen LogP contribution < -0.4 is 0 Å². The maximum atomic E-state index is 13.5. The number of hydrogen-bond acceptors (Lipinski definition) is 14. The van der Waals surface area contributed by atoms with Crippen LogP contribution in [-0.4, -0.2) is 99.6 Å². The molecule has 0 saturated heterocycles. The van der Waals surface area contributed by atoms with E-state index in [1.807, 2.05) is 0 Å². The van der Waals surface area contributed by atoms with Crippen molar-refractivity contribution in [1.29, 1.82) is 0 Å². The Morgan fingerprint density at radius 3 is 0.620 bits per heavy atom. The molecule has 0 aliphatic rings. The molecule has 0 amide bonds. The fraction of sp³-hybridized carbons (Fsp3) is 0.883. The monoisotopic (exact) mass is 1980 g/mol. The van der Waals surface area contributed by atoms with Gasteiger partial charge in [0.05, 0.1) is 0 Å². The van der Waals surface area contributed by atoms with E-state index in [2.05, 4.69) is 129 Å². The number of hydrogen-bond donors (Lipinski definition) is 0. The highest BCUT2D eigenvalue weighted by molar-refractivity contribution is 6.88. The Labute approximate surface area is 852 Å². The fourth-order valence-electron chi connectivity index (χ4n) is 19.3. The van der Waals surface area contributed by atoms with Crippen molar-refractivity contribution in [3.8, 4) is 0 Å². The summed E-state index contributed by atoms with van der Waals surface area (Å²) in [7, 11) is -7.05. The van der Waals surface area contributed by atoms with E-state index < -0.39 is 37.4 Å². The molecular weight excluding hydrogens is 1750 g/mol. The highest BCUT2D eigenvalue weighted by Crippen LogP contribution is 2.41. The van der Waals surface area contributed by atoms with Crippen LogP contribution >= 0.6 is 0 Å². The average molecular weight is 1980 g/mol. The zero-order valence-electron chi connectivity index (χ0n) is 92.8. The van der Waals surface area contributed by atoms with E-state index in [-0.39, 0.29) is 68.7 Å². The van der Waals surface area contributed by atoms with Gasteiger partial charge in [-0.25, -0.2) is 0 Å². The molecule has 0 aromatic carbocycles. The Morgan fingerprint density at radius 1 is 0.197 bits per heavy atom. The molecule has 0 aliphatic carbocycles. The average Bonchev–Trinajstić information content (AvgIpc) is 0.805. The van der Waals surface area contributed by atoms with Crippen LogP contribution in [0.25, 0.3) is 0 Å². The summed E-state index contributed by atoms with van der Waals surface area (Å²) in [6.45, 7) is 27.8. The number of allylic oxidation sites excluding steroid dienone is 8. The van der Waals surface area contributed by atoms with Gasteiger partial charge in [0.1, 0.15) is 26.4 Å². The first-order valence-corrected chi connectivity index (χ1v) is 68.5. The first-order chi connectivity index (χ1) is 66.7. The molecule has 0 radical (unpaired) electrons. The highest BCUT2D eigenvalue weighted by Gasteiger charge is 2.45. The van der Waals surface area contributed by atoms with E-state index in [9.17, 15) is 28.8 Å². The van der Waals surface area contributed by atoms with Crippen molar-refractivity contribution in [3.63, 3.8) is 0 Å². The van der Waals surface area contributed by atoms with E-state index in [0.717, 1.165) is 205 Å². The minimum atomic E-state index is -2.58. The van der Waals surface area contributed by atoms with Crippen LogP contribution in [0.4, 0.5) is 0 Å². The minimum Gasteiger partial charge on any atom is -0.462 e. The number of carbonyl (C=O) groups excluding carboxylic acids is 6. The normalized spacial score (nSPS) is 13.1. The molecule has 804 valence electrons. The van der Waals surface area contributed by atoms with Gasteiger partial charge in [0.2, 0.25) is 0 Å². The predicted octanol–water partition coefficient (Wildman–Crippen LogP) is 38.8. The van der Waals surface area contributed by atoms with Gasteiger partial charge in [-0.3, -0.25) is 28.8 Å². The third-order valence-electron chi connectivity index (χ3n) is 28.1. The van der Waals surface area contributed by atoms with Gasteiger partial charge in [-0.05, 0) is 160 Å². The summed E-state index contributed by atoms with van der Waals surface area (Å²) in [5.74, 6) is -1.86. The zero-order valence-corrected chi connectivity index (χ0v) is 95.8. The molecule has 137 heavy (non-hydrogen) atoms. The largest absolute Gasteiger partial charge is 0.462 e. The SMILES string of the molecule is CCCC/C=C\C/C=C\CCCCCCCCC(=O)OCC(COC(=O)CCCCCCCCCCCCCCCCC)OC(=O)CCCCCCCCC(CCCCCCCC)[Si](C)(C)O[Si](C)(C)O[Si](C)(C)C(CC/C=C\CCCC)CCCCCCCCC(=O)OCC(COC(=O)CCCCCCCCCCCCCCCCC)OC(=O)CCCCCCC/C=C\CCCCCCCC. The minimum absolute atomic E-state index is 0.108. The summed E-state index contributed by atoms with van der Waals surface area (Å²) in [6, 6.07) is 0. The molecule has 4 atom stereocenters. The van der Waals surface area contributed by atoms with Gasteiger partial charge in [0, 0.05) is 38.5 Å². The lowest BCUT2D eigenvalue weighted by atomic mass is 10.0. The molecule has 14 nitrogen and oxygen atoms in total. The lowest BCUT2D eigenvalue weighted by Gasteiger charge is -2.44. The summed E-state index contributed by atoms with van der Waals surface area (Å²) >= 11 is 0. The number of unbranched alkanes of at least 4 members (excludes halogenated alkanes) is 64. The van der Waals surface area contributed by atoms with Crippen molar-refractivity contribution < 1.29 is 65.4 Å². The third-order valence-corrected chi connectivity index (χ3v) is 41.3. The maximum Gasteiger partial charge on any atom is 0.311 e. The van der Waals surface area contributed by atoms with Crippen LogP contribution in [0, 0.1) is 0 Å². The molecule has 0 spiro atoms. The van der Waals surface area contributed by atoms with Crippen molar-refractivity contribution in [3.05, 3.63) is 48.6 Å². The molecule has 0 aromatic rings. The van der Waals surface area contributed by atoms with Gasteiger partial charge in [-0.15, -0.1) is 0 Å². The van der Waals surface area contributed by atoms with Crippen LogP contribution in [0.1, 0.15) is 594 Å². The van der Waals surface area contributed by atoms with Crippen LogP contribution in [0.5, 0.6) is 0 Å². The van der Waals surface area contributed by atoms with Gasteiger partial charge in [-0.1, -0.05) is 495 Å². The molecule has 4 unspecified atom stereocenters. The van der Waals surface area contributed by atoms with E-state index in [1.54, 1.807) is 0 Å². The van der Waals surface area contributed by atoms with E-state index in [4.69, 9.17) is 36.7 Å². The first-order valence-electron chi connectivity index (χ1n) is 59.7. The topological polar surface area (TPSA) is 176 Å². The Morgan fingerprint density at radius 2 is 0.380 bits per heavy atom. The summed E-state index contributed by atoms with van der Waals surface area (Å²) in [4.78, 5) is 79.1. The van der Waals surface area contributed by atoms with Crippen LogP contribution in [-0.2, 0) is 65.4 Å². The molecular formula is C120H228O14Si3. The molecule has 0 bridgehead atoms. The number of esters is 6. The van der Waals surface area contributed by atoms with Crippen molar-refractivity contribution in [2.45, 2.75) is 656 Å². The number of ether oxygens (including phenoxy) is 6. The molecule has 0 N–H and O–H groups in total. The van der Waals surface area contributed by atoms with Gasteiger partial charge in [0.25, 0.3) is 0 Å². The predicted molar refractivity (Wildman–Crippen MR) is 593 cm³/mol. The van der Waals surface area contributed by atoms with E-state index in [0.29, 0.717) is 43.2 Å². The number of carbonyl (C=O) groups is 6. The van der Waals surface area contributed by atoms with Crippen LogP contribution in [0.3, 0.4) is 0 Å². The molecule has 0 rings (SSSR count). The van der Waals surface area contributed by atoms with Gasteiger partial charge < -0.3 is 36.7 Å². The zero-order chi connectivity index (χ0) is 100. The van der Waals surface area contributed by atoms with Gasteiger partial charge in [0.15, 0.2) is 28.8 Å². The summed E-state index contributed by atoms with van der Waals surface area (Å²) in [5, 5.41) is 0. The standard InChI is InChI=1S/C120H228O14Si3/c1-13-19-25-31-37-41-45-49-53-57-61-65-69-81-91-101-115(121)127-107-111(131-119(125)105-95-85-72-68-64-60-56-52-48-44-40-34-28-22-16-4)110-130-118(124)104-94-84-75-73-79-89-99-113(97-87-77-35-29-23-17-5)135(7,8)133-137(11,12)134-136(9,10)114(98-88-78-36-30-24-18-6)100-90-80-74-76-86-96-106-120(126)132-112(108-128-116(122)102-92-82-70-66-62-58-54-50-46-42-38-32-26-20-14-2)109-129-117(123)103-93-83-71-67-63-59-55-51-47-43-39-33-27-21-15-3/h32,35,38,46,50,52,56,77,111-114H,13-31,33-34,36-37,39-45,47-49,51,53-55,57-76,78-110H2,1-12H3/b38-32-,50-46-,56-52-,77-35-. The molecule has 0 saturated carbocycles. The summed E-state index contributed by atoms with van der Waals surface area (Å²) in [6.07, 6.45) is 113. The molecule has 0 aliphatic heterocycles. The maximum absolute atomic E-state index is 13.5. The molecule has 0 heterocycles. The van der Waals surface area contributed by atoms with Crippen LogP contribution in [0.15, 0.2) is 48.6 Å². The fourth-order valence-corrected chi connectivity index (χ4v) is 34.9. The Balaban J connectivity index is 5.68. The molecule has 17 heteroatoms. The molecule has 0 aromatic heterocycles. The Bertz CT molecular complexity index is 2800. The first kappa shape index (κ1) is 133. The van der Waals surface area contributed by atoms with Crippen LogP contribution in [0.2, 0.25) is 50.4 Å². The van der Waals surface area contributed by atoms with E-state index >= 15 is 0 Å². The summed E-state index contributed by atoms with van der Waals surface area (Å²) < 4.78 is 49.9. The van der Waals surface area contributed by atoms with Gasteiger partial charge >= 0.3 is 44.4 Å². The van der Waals surface area contributed by atoms with Crippen molar-refractivity contribution in [2.75, 3.05) is 26.4 Å². The smallest absolute Gasteiger partial charge is 0.311 e. The van der Waals surface area contributed by atoms with E-state index in [1.165, 1.54) is 308 Å². The third kappa shape index (κ3) is 94.4. The second-order valence-corrected chi connectivity index (χ2v) is 55.4. The summed E-state index contributed by atoms with van der Waals surface area (Å²) in [5.41, 5.74) is 1.06. The highest BCUT2D eigenvalue weighted by atomic mass is 28.5. The number of rotatable bonds is 108. The lowest BCUT2D eigenvalue weighted by molar-refractivity contribution is -0.167. The quantitative estimate of drug-likeness (QED) is 0.0185. The van der Waals surface area contributed by atoms with Crippen molar-refractivity contribution >= 4 is 61.0 Å². The second kappa shape index (κ2) is 101. The van der Waals surface area contributed by atoms with Gasteiger partial charge in [-0.2, -0.15) is 0 Å². The van der Waals surface area contributed by atoms with Crippen molar-refractivity contribution in [2.24, 2.45) is 0 Å². The Hall–Kier alpha value is -3.65. The van der Waals surface area contributed by atoms with Crippen molar-refractivity contribution in [1.82, 2.24) is 0 Å². The lowest BCUT2D eigenvalue weighted by Crippen LogP contribution is -2.55. The molecule has 0 fully saturated rings. The second-order valence-electron chi connectivity index (χ2n) is 42.9. The Kier molecular flexibility index (Phi) is 98.3.